The Morgan fingerprint density at radius 3 is 2.53 bits per heavy atom. The van der Waals surface area contributed by atoms with Gasteiger partial charge in [0.1, 0.15) is 17.5 Å². The first kappa shape index (κ1) is 21.7. The Bertz CT molecular complexity index is 887. The number of urea groups is 1. The summed E-state index contributed by atoms with van der Waals surface area (Å²) >= 11 is 0. The lowest BCUT2D eigenvalue weighted by Gasteiger charge is -2.32. The minimum Gasteiger partial charge on any atom is -0.352 e. The molecule has 0 radical (unpaired) electrons. The van der Waals surface area contributed by atoms with Gasteiger partial charge in [-0.05, 0) is 61.1 Å². The highest BCUT2D eigenvalue weighted by molar-refractivity contribution is 5.89. The molecule has 1 aliphatic heterocycles. The molecule has 0 saturated carbocycles. The molecule has 1 aliphatic rings. The monoisotopic (exact) mass is 419 g/mol. The average molecular weight is 419 g/mol. The highest BCUT2D eigenvalue weighted by atomic mass is 19.1. The molecule has 0 aliphatic carbocycles. The molecule has 0 aromatic heterocycles. The van der Waals surface area contributed by atoms with Crippen molar-refractivity contribution in [2.45, 2.75) is 32.2 Å². The van der Waals surface area contributed by atoms with E-state index in [9.17, 15) is 22.8 Å². The SMILES string of the molecule is O=C(CCC1CCCN(C(=O)Nc2cccc(F)c2)C1)NCc1cc(F)cc(F)c1. The number of hydrogen-bond acceptors (Lipinski definition) is 2. The molecule has 1 unspecified atom stereocenters. The molecule has 1 fully saturated rings. The van der Waals surface area contributed by atoms with Crippen LogP contribution in [0.4, 0.5) is 23.7 Å². The average Bonchev–Trinajstić information content (AvgIpc) is 2.70. The molecule has 160 valence electrons. The number of benzene rings is 2. The number of carbonyl (C=O) groups is 2. The molecule has 5 nitrogen and oxygen atoms in total. The maximum atomic E-state index is 13.3. The smallest absolute Gasteiger partial charge is 0.321 e. The second kappa shape index (κ2) is 10.1. The molecule has 2 aromatic rings. The van der Waals surface area contributed by atoms with E-state index in [-0.39, 0.29) is 30.8 Å². The number of amides is 3. The first-order valence-electron chi connectivity index (χ1n) is 9.92. The van der Waals surface area contributed by atoms with E-state index in [1.54, 1.807) is 11.0 Å². The second-order valence-corrected chi connectivity index (χ2v) is 7.49. The minimum atomic E-state index is -0.682. The fraction of sp³-hybridized carbons (Fsp3) is 0.364. The lowest BCUT2D eigenvalue weighted by molar-refractivity contribution is -0.121. The Labute approximate surface area is 173 Å². The van der Waals surface area contributed by atoms with Gasteiger partial charge in [0.25, 0.3) is 0 Å². The van der Waals surface area contributed by atoms with Gasteiger partial charge in [0.05, 0.1) is 0 Å². The number of nitrogens with zero attached hydrogens (tertiary/aromatic N) is 1. The molecule has 1 heterocycles. The number of anilines is 1. The van der Waals surface area contributed by atoms with E-state index < -0.39 is 17.5 Å². The van der Waals surface area contributed by atoms with Gasteiger partial charge in [0.15, 0.2) is 0 Å². The number of piperidine rings is 1. The van der Waals surface area contributed by atoms with E-state index in [1.807, 2.05) is 0 Å². The van der Waals surface area contributed by atoms with Crippen molar-refractivity contribution in [1.29, 1.82) is 0 Å². The van der Waals surface area contributed by atoms with Crippen molar-refractivity contribution >= 4 is 17.6 Å². The molecule has 30 heavy (non-hydrogen) atoms. The van der Waals surface area contributed by atoms with Crippen LogP contribution in [0.2, 0.25) is 0 Å². The zero-order valence-corrected chi connectivity index (χ0v) is 16.5. The van der Waals surface area contributed by atoms with Crippen LogP contribution >= 0.6 is 0 Å². The molecule has 0 spiro atoms. The van der Waals surface area contributed by atoms with E-state index >= 15 is 0 Å². The summed E-state index contributed by atoms with van der Waals surface area (Å²) in [5.41, 5.74) is 0.758. The zero-order chi connectivity index (χ0) is 21.5. The highest BCUT2D eigenvalue weighted by Gasteiger charge is 2.24. The van der Waals surface area contributed by atoms with Crippen molar-refractivity contribution in [3.05, 3.63) is 65.5 Å². The molecule has 3 rings (SSSR count). The number of rotatable bonds is 6. The van der Waals surface area contributed by atoms with Gasteiger partial charge < -0.3 is 15.5 Å². The van der Waals surface area contributed by atoms with Crippen LogP contribution in [-0.4, -0.2) is 29.9 Å². The van der Waals surface area contributed by atoms with E-state index in [1.165, 1.54) is 30.3 Å². The lowest BCUT2D eigenvalue weighted by atomic mass is 9.93. The van der Waals surface area contributed by atoms with Crippen LogP contribution in [0.5, 0.6) is 0 Å². The third kappa shape index (κ3) is 6.50. The van der Waals surface area contributed by atoms with E-state index in [0.717, 1.165) is 18.9 Å². The molecular formula is C22H24F3N3O2. The predicted molar refractivity (Wildman–Crippen MR) is 107 cm³/mol. The summed E-state index contributed by atoms with van der Waals surface area (Å²) in [6.07, 6.45) is 2.60. The predicted octanol–water partition coefficient (Wildman–Crippen LogP) is 4.44. The van der Waals surface area contributed by atoms with Crippen molar-refractivity contribution in [2.75, 3.05) is 18.4 Å². The summed E-state index contributed by atoms with van der Waals surface area (Å²) in [6.45, 7) is 1.18. The molecule has 2 N–H and O–H groups in total. The first-order valence-corrected chi connectivity index (χ1v) is 9.92. The van der Waals surface area contributed by atoms with Crippen molar-refractivity contribution in [1.82, 2.24) is 10.2 Å². The largest absolute Gasteiger partial charge is 0.352 e. The molecule has 8 heteroatoms. The topological polar surface area (TPSA) is 61.4 Å². The Hall–Kier alpha value is -3.03. The van der Waals surface area contributed by atoms with E-state index in [4.69, 9.17) is 0 Å². The number of nitrogens with one attached hydrogen (secondary N) is 2. The summed E-state index contributed by atoms with van der Waals surface area (Å²) in [7, 11) is 0. The van der Waals surface area contributed by atoms with Gasteiger partial charge in [0, 0.05) is 37.8 Å². The molecule has 0 bridgehead atoms. The minimum absolute atomic E-state index is 0.0559. The van der Waals surface area contributed by atoms with Gasteiger partial charge in [-0.3, -0.25) is 4.79 Å². The molecule has 1 saturated heterocycles. The maximum absolute atomic E-state index is 13.3. The molecule has 1 atom stereocenters. The Morgan fingerprint density at radius 1 is 1.03 bits per heavy atom. The normalized spacial score (nSPS) is 16.2. The lowest BCUT2D eigenvalue weighted by Crippen LogP contribution is -2.42. The Morgan fingerprint density at radius 2 is 1.80 bits per heavy atom. The first-order chi connectivity index (χ1) is 14.4. The summed E-state index contributed by atoms with van der Waals surface area (Å²) in [5.74, 6) is -1.82. The van der Waals surface area contributed by atoms with Crippen molar-refractivity contribution in [2.24, 2.45) is 5.92 Å². The zero-order valence-electron chi connectivity index (χ0n) is 16.5. The van der Waals surface area contributed by atoms with Crippen molar-refractivity contribution in [3.8, 4) is 0 Å². The van der Waals surface area contributed by atoms with Crippen LogP contribution in [0.25, 0.3) is 0 Å². The van der Waals surface area contributed by atoms with E-state index in [2.05, 4.69) is 10.6 Å². The van der Waals surface area contributed by atoms with E-state index in [0.29, 0.717) is 30.8 Å². The van der Waals surface area contributed by atoms with Gasteiger partial charge in [-0.25, -0.2) is 18.0 Å². The van der Waals surface area contributed by atoms with Crippen LogP contribution in [0, 0.1) is 23.4 Å². The summed E-state index contributed by atoms with van der Waals surface area (Å²) in [6, 6.07) is 8.57. The van der Waals surface area contributed by atoms with Crippen LogP contribution in [0.15, 0.2) is 42.5 Å². The quantitative estimate of drug-likeness (QED) is 0.727. The third-order valence-corrected chi connectivity index (χ3v) is 5.07. The van der Waals surface area contributed by atoms with Gasteiger partial charge in [-0.15, -0.1) is 0 Å². The van der Waals surface area contributed by atoms with Crippen molar-refractivity contribution < 1.29 is 22.8 Å². The van der Waals surface area contributed by atoms with Crippen LogP contribution in [0.3, 0.4) is 0 Å². The van der Waals surface area contributed by atoms with Crippen LogP contribution in [-0.2, 0) is 11.3 Å². The van der Waals surface area contributed by atoms with Crippen molar-refractivity contribution in [3.63, 3.8) is 0 Å². The number of hydrogen-bond donors (Lipinski definition) is 2. The van der Waals surface area contributed by atoms with Gasteiger partial charge in [-0.2, -0.15) is 0 Å². The second-order valence-electron chi connectivity index (χ2n) is 7.49. The van der Waals surface area contributed by atoms with Gasteiger partial charge >= 0.3 is 6.03 Å². The maximum Gasteiger partial charge on any atom is 0.321 e. The molecule has 2 aromatic carbocycles. The number of halogens is 3. The van der Waals surface area contributed by atoms with Gasteiger partial charge in [0.2, 0.25) is 5.91 Å². The fourth-order valence-electron chi connectivity index (χ4n) is 3.59. The fourth-order valence-corrected chi connectivity index (χ4v) is 3.59. The summed E-state index contributed by atoms with van der Waals surface area (Å²) in [4.78, 5) is 26.2. The third-order valence-electron chi connectivity index (χ3n) is 5.07. The van der Waals surface area contributed by atoms with Crippen LogP contribution in [0.1, 0.15) is 31.2 Å². The Balaban J connectivity index is 1.43. The number of carbonyl (C=O) groups excluding carboxylic acids is 2. The summed E-state index contributed by atoms with van der Waals surface area (Å²) in [5, 5.41) is 5.36. The van der Waals surface area contributed by atoms with Gasteiger partial charge in [-0.1, -0.05) is 6.07 Å². The Kier molecular flexibility index (Phi) is 7.32. The number of likely N-dealkylation sites (tertiary alicyclic amines) is 1. The van der Waals surface area contributed by atoms with Crippen LogP contribution < -0.4 is 10.6 Å². The summed E-state index contributed by atoms with van der Waals surface area (Å²) < 4.78 is 39.7. The highest BCUT2D eigenvalue weighted by Crippen LogP contribution is 2.22. The standard InChI is InChI=1S/C22H24F3N3O2/c23-17-4-1-5-20(12-17)27-22(30)28-8-2-3-15(14-28)6-7-21(29)26-13-16-9-18(24)11-19(25)10-16/h1,4-5,9-12,15H,2-3,6-8,13-14H2,(H,26,29)(H,27,30). The molecular weight excluding hydrogens is 395 g/mol. The molecule has 3 amide bonds.